The van der Waals surface area contributed by atoms with Gasteiger partial charge in [-0.05, 0) is 32.4 Å². The van der Waals surface area contributed by atoms with E-state index < -0.39 is 24.5 Å². The van der Waals surface area contributed by atoms with Crippen LogP contribution in [0, 0.1) is 6.92 Å². The van der Waals surface area contributed by atoms with Gasteiger partial charge in [-0.3, -0.25) is 9.59 Å². The van der Waals surface area contributed by atoms with Crippen molar-refractivity contribution in [3.8, 4) is 0 Å². The molecule has 1 atom stereocenters. The summed E-state index contributed by atoms with van der Waals surface area (Å²) < 4.78 is 4.92. The zero-order chi connectivity index (χ0) is 16.5. The van der Waals surface area contributed by atoms with E-state index in [4.69, 9.17) is 4.74 Å². The molecular weight excluding hydrogens is 284 g/mol. The van der Waals surface area contributed by atoms with Gasteiger partial charge in [0.15, 0.2) is 6.61 Å². The molecule has 2 N–H and O–H groups in total. The average Bonchev–Trinajstić information content (AvgIpc) is 2.50. The first-order chi connectivity index (χ1) is 10.4. The lowest BCUT2D eigenvalue weighted by Crippen LogP contribution is -2.46. The van der Waals surface area contributed by atoms with Crippen LogP contribution >= 0.6 is 0 Å². The normalized spacial score (nSPS) is 11.4. The van der Waals surface area contributed by atoms with Gasteiger partial charge in [-0.1, -0.05) is 24.6 Å². The first-order valence-electron chi connectivity index (χ1n) is 7.25. The van der Waals surface area contributed by atoms with Crippen molar-refractivity contribution in [2.75, 3.05) is 13.2 Å². The maximum absolute atomic E-state index is 11.8. The highest BCUT2D eigenvalue weighted by molar-refractivity contribution is 5.92. The van der Waals surface area contributed by atoms with Crippen molar-refractivity contribution in [3.05, 3.63) is 35.4 Å². The van der Waals surface area contributed by atoms with Crippen LogP contribution in [-0.4, -0.2) is 37.0 Å². The van der Waals surface area contributed by atoms with E-state index in [1.165, 1.54) is 0 Å². The van der Waals surface area contributed by atoms with E-state index in [1.54, 1.807) is 25.1 Å². The fraction of sp³-hybridized carbons (Fsp3) is 0.438. The molecule has 0 aliphatic heterocycles. The predicted octanol–water partition coefficient (Wildman–Crippen LogP) is 1.18. The van der Waals surface area contributed by atoms with Crippen LogP contribution in [0.1, 0.15) is 36.2 Å². The fourth-order valence-corrected chi connectivity index (χ4v) is 1.74. The summed E-state index contributed by atoms with van der Waals surface area (Å²) in [4.78, 5) is 35.0. The Balaban J connectivity index is 2.39. The number of amides is 2. The molecule has 120 valence electrons. The topological polar surface area (TPSA) is 84.5 Å². The second-order valence-electron chi connectivity index (χ2n) is 5.03. The number of rotatable bonds is 7. The van der Waals surface area contributed by atoms with Gasteiger partial charge in [0, 0.05) is 6.54 Å². The second-order valence-corrected chi connectivity index (χ2v) is 5.03. The molecule has 6 nitrogen and oxygen atoms in total. The number of carbonyl (C=O) groups is 3. The molecule has 2 amide bonds. The number of nitrogens with one attached hydrogen (secondary N) is 2. The molecule has 0 radical (unpaired) electrons. The minimum absolute atomic E-state index is 0.264. The Hall–Kier alpha value is -2.37. The fourth-order valence-electron chi connectivity index (χ4n) is 1.74. The zero-order valence-electron chi connectivity index (χ0n) is 13.1. The van der Waals surface area contributed by atoms with E-state index in [1.807, 2.05) is 19.9 Å². The number of esters is 1. The predicted molar refractivity (Wildman–Crippen MR) is 82.4 cm³/mol. The molecule has 0 aromatic heterocycles. The standard InChI is InChI=1S/C16H22N2O4/c1-4-8-17-15(20)12(3)18-14(19)10-22-16(21)13-7-5-6-11(2)9-13/h5-7,9,12H,4,8,10H2,1-3H3,(H,17,20)(H,18,19)/t12-/m0/s1. The third kappa shape index (κ3) is 5.95. The van der Waals surface area contributed by atoms with E-state index in [-0.39, 0.29) is 5.91 Å². The highest BCUT2D eigenvalue weighted by Crippen LogP contribution is 2.05. The van der Waals surface area contributed by atoms with Crippen LogP contribution in [-0.2, 0) is 14.3 Å². The van der Waals surface area contributed by atoms with Crippen molar-refractivity contribution in [2.45, 2.75) is 33.2 Å². The van der Waals surface area contributed by atoms with Crippen molar-refractivity contribution in [2.24, 2.45) is 0 Å². The lowest BCUT2D eigenvalue weighted by molar-refractivity contribution is -0.130. The van der Waals surface area contributed by atoms with Gasteiger partial charge >= 0.3 is 5.97 Å². The summed E-state index contributed by atoms with van der Waals surface area (Å²) in [6.45, 7) is 5.51. The Morgan fingerprint density at radius 1 is 1.27 bits per heavy atom. The Bertz CT molecular complexity index is 543. The zero-order valence-corrected chi connectivity index (χ0v) is 13.1. The summed E-state index contributed by atoms with van der Waals surface area (Å²) in [7, 11) is 0. The van der Waals surface area contributed by atoms with Crippen molar-refractivity contribution < 1.29 is 19.1 Å². The SMILES string of the molecule is CCCNC(=O)[C@H](C)NC(=O)COC(=O)c1cccc(C)c1. The molecule has 0 heterocycles. The molecule has 0 aliphatic carbocycles. The lowest BCUT2D eigenvalue weighted by Gasteiger charge is -2.13. The van der Waals surface area contributed by atoms with Gasteiger partial charge in [0.2, 0.25) is 5.91 Å². The molecule has 1 rings (SSSR count). The van der Waals surface area contributed by atoms with E-state index in [2.05, 4.69) is 10.6 Å². The average molecular weight is 306 g/mol. The van der Waals surface area contributed by atoms with E-state index in [9.17, 15) is 14.4 Å². The molecule has 0 unspecified atom stereocenters. The summed E-state index contributed by atoms with van der Waals surface area (Å²) in [6.07, 6.45) is 0.820. The molecule has 0 bridgehead atoms. The molecule has 0 saturated heterocycles. The quantitative estimate of drug-likeness (QED) is 0.741. The molecule has 1 aromatic carbocycles. The summed E-state index contributed by atoms with van der Waals surface area (Å²) in [5, 5.41) is 5.15. The highest BCUT2D eigenvalue weighted by Gasteiger charge is 2.16. The number of carbonyl (C=O) groups excluding carboxylic acids is 3. The van der Waals surface area contributed by atoms with Gasteiger partial charge in [-0.15, -0.1) is 0 Å². The number of benzene rings is 1. The van der Waals surface area contributed by atoms with Gasteiger partial charge in [-0.25, -0.2) is 4.79 Å². The first kappa shape index (κ1) is 17.7. The van der Waals surface area contributed by atoms with Crippen molar-refractivity contribution in [3.63, 3.8) is 0 Å². The highest BCUT2D eigenvalue weighted by atomic mass is 16.5. The van der Waals surface area contributed by atoms with Crippen molar-refractivity contribution in [1.29, 1.82) is 0 Å². The second kappa shape index (κ2) is 8.81. The molecule has 0 fully saturated rings. The minimum Gasteiger partial charge on any atom is -0.452 e. The van der Waals surface area contributed by atoms with Crippen LogP contribution in [0.3, 0.4) is 0 Å². The molecule has 0 spiro atoms. The van der Waals surface area contributed by atoms with Crippen LogP contribution in [0.2, 0.25) is 0 Å². The van der Waals surface area contributed by atoms with E-state index in [0.29, 0.717) is 12.1 Å². The largest absolute Gasteiger partial charge is 0.452 e. The molecule has 6 heteroatoms. The third-order valence-corrected chi connectivity index (χ3v) is 2.91. The Morgan fingerprint density at radius 3 is 2.64 bits per heavy atom. The summed E-state index contributed by atoms with van der Waals surface area (Å²) >= 11 is 0. The Kier molecular flexibility index (Phi) is 7.08. The number of hydrogen-bond donors (Lipinski definition) is 2. The van der Waals surface area contributed by atoms with Crippen LogP contribution in [0.4, 0.5) is 0 Å². The third-order valence-electron chi connectivity index (χ3n) is 2.91. The number of ether oxygens (including phenoxy) is 1. The maximum Gasteiger partial charge on any atom is 0.338 e. The molecule has 0 saturated carbocycles. The van der Waals surface area contributed by atoms with Crippen molar-refractivity contribution >= 4 is 17.8 Å². The smallest absolute Gasteiger partial charge is 0.338 e. The molecule has 0 aliphatic rings. The lowest BCUT2D eigenvalue weighted by atomic mass is 10.1. The summed E-state index contributed by atoms with van der Waals surface area (Å²) in [6, 6.07) is 6.23. The van der Waals surface area contributed by atoms with Crippen LogP contribution in [0.25, 0.3) is 0 Å². The summed E-state index contributed by atoms with van der Waals surface area (Å²) in [5.41, 5.74) is 1.32. The van der Waals surface area contributed by atoms with Gasteiger partial charge in [0.05, 0.1) is 5.56 Å². The molecule has 1 aromatic rings. The molecule has 22 heavy (non-hydrogen) atoms. The Morgan fingerprint density at radius 2 is 2.00 bits per heavy atom. The van der Waals surface area contributed by atoms with Crippen LogP contribution < -0.4 is 10.6 Å². The summed E-state index contributed by atoms with van der Waals surface area (Å²) in [5.74, 6) is -1.35. The monoisotopic (exact) mass is 306 g/mol. The molecular formula is C16H22N2O4. The van der Waals surface area contributed by atoms with Gasteiger partial charge in [-0.2, -0.15) is 0 Å². The van der Waals surface area contributed by atoms with E-state index >= 15 is 0 Å². The number of aryl methyl sites for hydroxylation is 1. The minimum atomic E-state index is -0.670. The maximum atomic E-state index is 11.8. The Labute approximate surface area is 130 Å². The van der Waals surface area contributed by atoms with Gasteiger partial charge in [0.1, 0.15) is 6.04 Å². The van der Waals surface area contributed by atoms with Crippen LogP contribution in [0.5, 0.6) is 0 Å². The number of hydrogen-bond acceptors (Lipinski definition) is 4. The van der Waals surface area contributed by atoms with Gasteiger partial charge < -0.3 is 15.4 Å². The van der Waals surface area contributed by atoms with E-state index in [0.717, 1.165) is 12.0 Å². The van der Waals surface area contributed by atoms with Gasteiger partial charge in [0.25, 0.3) is 5.91 Å². The first-order valence-corrected chi connectivity index (χ1v) is 7.25. The van der Waals surface area contributed by atoms with Crippen molar-refractivity contribution in [1.82, 2.24) is 10.6 Å². The van der Waals surface area contributed by atoms with Crippen LogP contribution in [0.15, 0.2) is 24.3 Å².